The van der Waals surface area contributed by atoms with E-state index in [1.165, 1.54) is 18.2 Å². The van der Waals surface area contributed by atoms with Gasteiger partial charge in [-0.3, -0.25) is 14.9 Å². The summed E-state index contributed by atoms with van der Waals surface area (Å²) in [4.78, 5) is 21.7. The Kier molecular flexibility index (Phi) is 4.37. The molecule has 21 heavy (non-hydrogen) atoms. The fraction of sp³-hybridized carbons (Fsp3) is 0.500. The average Bonchev–Trinajstić information content (AvgIpc) is 2.43. The van der Waals surface area contributed by atoms with Crippen LogP contribution in [0.1, 0.15) is 32.6 Å². The number of hydrogen-bond donors (Lipinski definition) is 2. The molecule has 1 fully saturated rings. The summed E-state index contributed by atoms with van der Waals surface area (Å²) < 4.78 is 0. The van der Waals surface area contributed by atoms with E-state index in [1.807, 2.05) is 0 Å². The maximum absolute atomic E-state index is 11.5. The van der Waals surface area contributed by atoms with E-state index in [-0.39, 0.29) is 16.8 Å². The number of non-ortho nitro benzene ring substituents is 1. The second-order valence-corrected chi connectivity index (χ2v) is 5.99. The molecule has 1 saturated carbocycles. The van der Waals surface area contributed by atoms with Gasteiger partial charge in [0.25, 0.3) is 5.69 Å². The number of nitrogens with zero attached hydrogens (tertiary/aromatic N) is 1. The molecule has 0 heterocycles. The minimum atomic E-state index is -0.858. The first-order valence-electron chi connectivity index (χ1n) is 6.78. The van der Waals surface area contributed by atoms with Gasteiger partial charge in [0.1, 0.15) is 0 Å². The molecule has 0 spiro atoms. The highest BCUT2D eigenvalue weighted by atomic mass is 35.5. The molecule has 1 aromatic carbocycles. The molecule has 114 valence electrons. The summed E-state index contributed by atoms with van der Waals surface area (Å²) in [5, 5.41) is 23.5. The molecule has 0 radical (unpaired) electrons. The lowest BCUT2D eigenvalue weighted by molar-refractivity contribution is -0.384. The number of nitro benzene ring substituents is 1. The fourth-order valence-electron chi connectivity index (χ4n) is 2.74. The third kappa shape index (κ3) is 3.10. The van der Waals surface area contributed by atoms with Crippen LogP contribution in [0.4, 0.5) is 11.4 Å². The molecule has 0 aromatic heterocycles. The number of nitro groups is 1. The van der Waals surface area contributed by atoms with Crippen LogP contribution in [0.25, 0.3) is 0 Å². The Morgan fingerprint density at radius 3 is 2.81 bits per heavy atom. The predicted molar refractivity (Wildman–Crippen MR) is 79.7 cm³/mol. The van der Waals surface area contributed by atoms with Crippen LogP contribution in [-0.4, -0.2) is 22.0 Å². The van der Waals surface area contributed by atoms with Gasteiger partial charge in [-0.2, -0.15) is 0 Å². The number of rotatable bonds is 4. The summed E-state index contributed by atoms with van der Waals surface area (Å²) in [7, 11) is 0. The number of aliphatic carboxylic acids is 1. The average molecular weight is 313 g/mol. The zero-order valence-corrected chi connectivity index (χ0v) is 12.4. The van der Waals surface area contributed by atoms with E-state index in [1.54, 1.807) is 6.92 Å². The third-order valence-corrected chi connectivity index (χ3v) is 4.50. The first-order valence-corrected chi connectivity index (χ1v) is 7.16. The van der Waals surface area contributed by atoms with Gasteiger partial charge in [-0.1, -0.05) is 24.4 Å². The summed E-state index contributed by atoms with van der Waals surface area (Å²) >= 11 is 6.05. The summed E-state index contributed by atoms with van der Waals surface area (Å²) in [5.74, 6) is -0.835. The highest BCUT2D eigenvalue weighted by molar-refractivity contribution is 6.33. The molecule has 0 amide bonds. The van der Waals surface area contributed by atoms with Crippen molar-refractivity contribution in [1.29, 1.82) is 0 Å². The minimum absolute atomic E-state index is 0.0878. The van der Waals surface area contributed by atoms with Gasteiger partial charge >= 0.3 is 5.97 Å². The van der Waals surface area contributed by atoms with Crippen LogP contribution in [0.15, 0.2) is 18.2 Å². The van der Waals surface area contributed by atoms with Crippen LogP contribution >= 0.6 is 11.6 Å². The molecule has 1 aliphatic carbocycles. The molecule has 2 atom stereocenters. The van der Waals surface area contributed by atoms with Gasteiger partial charge in [0.2, 0.25) is 0 Å². The quantitative estimate of drug-likeness (QED) is 0.653. The number of hydrogen-bond acceptors (Lipinski definition) is 4. The Morgan fingerprint density at radius 2 is 2.24 bits per heavy atom. The monoisotopic (exact) mass is 312 g/mol. The number of carboxylic acids is 1. The van der Waals surface area contributed by atoms with Crippen LogP contribution in [-0.2, 0) is 4.79 Å². The number of halogens is 1. The van der Waals surface area contributed by atoms with Crippen molar-refractivity contribution in [3.8, 4) is 0 Å². The zero-order valence-electron chi connectivity index (χ0n) is 11.6. The van der Waals surface area contributed by atoms with E-state index < -0.39 is 16.3 Å². The van der Waals surface area contributed by atoms with Gasteiger partial charge in [-0.15, -0.1) is 0 Å². The number of nitrogens with one attached hydrogen (secondary N) is 1. The first-order chi connectivity index (χ1) is 9.84. The number of carboxylic acid groups (broad SMARTS) is 1. The molecule has 2 unspecified atom stereocenters. The second kappa shape index (κ2) is 5.89. The molecule has 1 aromatic rings. The Morgan fingerprint density at radius 1 is 1.52 bits per heavy atom. The van der Waals surface area contributed by atoms with Gasteiger partial charge in [-0.25, -0.2) is 0 Å². The van der Waals surface area contributed by atoms with Crippen molar-refractivity contribution in [1.82, 2.24) is 0 Å². The van der Waals surface area contributed by atoms with Crippen LogP contribution in [0.3, 0.4) is 0 Å². The predicted octanol–water partition coefficient (Wildman–Crippen LogP) is 3.69. The van der Waals surface area contributed by atoms with Crippen molar-refractivity contribution in [3.63, 3.8) is 0 Å². The Hall–Kier alpha value is -1.82. The van der Waals surface area contributed by atoms with E-state index in [4.69, 9.17) is 11.6 Å². The summed E-state index contributed by atoms with van der Waals surface area (Å²) in [6.45, 7) is 1.73. The number of carbonyl (C=O) groups is 1. The Labute approximate surface area is 127 Å². The van der Waals surface area contributed by atoms with Crippen LogP contribution in [0.2, 0.25) is 5.02 Å². The van der Waals surface area contributed by atoms with E-state index in [9.17, 15) is 20.0 Å². The fourth-order valence-corrected chi connectivity index (χ4v) is 2.97. The van der Waals surface area contributed by atoms with Gasteiger partial charge in [-0.05, 0) is 25.8 Å². The molecule has 6 nitrogen and oxygen atoms in total. The number of anilines is 1. The topological polar surface area (TPSA) is 92.5 Å². The highest BCUT2D eigenvalue weighted by Gasteiger charge is 2.43. The van der Waals surface area contributed by atoms with E-state index in [0.29, 0.717) is 12.1 Å². The van der Waals surface area contributed by atoms with Crippen molar-refractivity contribution in [3.05, 3.63) is 33.3 Å². The zero-order chi connectivity index (χ0) is 15.6. The molecule has 0 aliphatic heterocycles. The molecule has 0 saturated heterocycles. The molecular formula is C14H17ClN2O4. The minimum Gasteiger partial charge on any atom is -0.481 e. The van der Waals surface area contributed by atoms with Crippen LogP contribution in [0, 0.1) is 15.5 Å². The molecule has 1 aliphatic rings. The highest BCUT2D eigenvalue weighted by Crippen LogP contribution is 2.39. The summed E-state index contributed by atoms with van der Waals surface area (Å²) in [6, 6.07) is 3.90. The van der Waals surface area contributed by atoms with E-state index >= 15 is 0 Å². The van der Waals surface area contributed by atoms with Gasteiger partial charge in [0, 0.05) is 18.2 Å². The standard InChI is InChI=1S/C14H17ClN2O4/c1-14(13(18)19)7-3-2-4-12(14)16-11-6-5-9(17(20)21)8-10(11)15/h5-6,8,12,16H,2-4,7H2,1H3,(H,18,19). The SMILES string of the molecule is CC1(C(=O)O)CCCCC1Nc1ccc([N+](=O)[O-])cc1Cl. The van der Waals surface area contributed by atoms with Crippen molar-refractivity contribution in [2.75, 3.05) is 5.32 Å². The van der Waals surface area contributed by atoms with Gasteiger partial charge in [0.15, 0.2) is 0 Å². The normalized spacial score (nSPS) is 25.3. The van der Waals surface area contributed by atoms with E-state index in [2.05, 4.69) is 5.32 Å². The lowest BCUT2D eigenvalue weighted by Gasteiger charge is -2.39. The maximum Gasteiger partial charge on any atom is 0.311 e. The molecule has 2 rings (SSSR count). The van der Waals surface area contributed by atoms with Crippen molar-refractivity contribution < 1.29 is 14.8 Å². The van der Waals surface area contributed by atoms with Gasteiger partial charge in [0.05, 0.1) is 21.0 Å². The Bertz CT molecular complexity index is 578. The molecule has 7 heteroatoms. The van der Waals surface area contributed by atoms with Crippen molar-refractivity contribution >= 4 is 28.9 Å². The smallest absolute Gasteiger partial charge is 0.311 e. The van der Waals surface area contributed by atoms with Crippen molar-refractivity contribution in [2.24, 2.45) is 5.41 Å². The molecule has 0 bridgehead atoms. The molecule has 2 N–H and O–H groups in total. The third-order valence-electron chi connectivity index (χ3n) is 4.19. The lowest BCUT2D eigenvalue weighted by Crippen LogP contribution is -2.46. The largest absolute Gasteiger partial charge is 0.481 e. The maximum atomic E-state index is 11.5. The van der Waals surface area contributed by atoms with E-state index in [0.717, 1.165) is 19.3 Å². The van der Waals surface area contributed by atoms with Gasteiger partial charge < -0.3 is 10.4 Å². The summed E-state index contributed by atoms with van der Waals surface area (Å²) in [5.41, 5.74) is -0.416. The Balaban J connectivity index is 2.24. The van der Waals surface area contributed by atoms with Crippen molar-refractivity contribution in [2.45, 2.75) is 38.6 Å². The summed E-state index contributed by atoms with van der Waals surface area (Å²) in [6.07, 6.45) is 3.17. The van der Waals surface area contributed by atoms with Crippen LogP contribution in [0.5, 0.6) is 0 Å². The number of benzene rings is 1. The van der Waals surface area contributed by atoms with Crippen LogP contribution < -0.4 is 5.32 Å². The molecular weight excluding hydrogens is 296 g/mol. The first kappa shape index (κ1) is 15.6. The second-order valence-electron chi connectivity index (χ2n) is 5.59. The lowest BCUT2D eigenvalue weighted by atomic mass is 9.71.